The largest absolute Gasteiger partial charge is 0.371 e. The maximum Gasteiger partial charge on any atom is 0.0902 e. The van der Waals surface area contributed by atoms with Gasteiger partial charge in [0.25, 0.3) is 0 Å². The van der Waals surface area contributed by atoms with E-state index in [1.54, 1.807) is 0 Å². The van der Waals surface area contributed by atoms with Crippen molar-refractivity contribution in [1.82, 2.24) is 15.1 Å². The molecule has 0 aromatic carbocycles. The van der Waals surface area contributed by atoms with Crippen LogP contribution in [0.3, 0.4) is 0 Å². The summed E-state index contributed by atoms with van der Waals surface area (Å²) in [5, 5.41) is 3.27. The van der Waals surface area contributed by atoms with Crippen LogP contribution in [0.1, 0.15) is 20.3 Å². The minimum absolute atomic E-state index is 0.103. The van der Waals surface area contributed by atoms with Crippen LogP contribution in [-0.4, -0.2) is 74.4 Å². The fourth-order valence-electron chi connectivity index (χ4n) is 2.74. The van der Waals surface area contributed by atoms with Crippen LogP contribution in [0.5, 0.6) is 0 Å². The maximum absolute atomic E-state index is 5.97. The first kappa shape index (κ1) is 13.3. The number of hydrogen-bond donors (Lipinski definition) is 1. The first-order chi connectivity index (χ1) is 8.09. The Morgan fingerprint density at radius 2 is 2.12 bits per heavy atom. The molecular weight excluding hydrogens is 214 g/mol. The summed E-state index contributed by atoms with van der Waals surface area (Å²) in [5.41, 5.74) is 0.103. The van der Waals surface area contributed by atoms with Gasteiger partial charge in [0.15, 0.2) is 0 Å². The van der Waals surface area contributed by atoms with Gasteiger partial charge in [0.05, 0.1) is 12.2 Å². The first-order valence-corrected chi connectivity index (χ1v) is 6.86. The van der Waals surface area contributed by atoms with Gasteiger partial charge in [0, 0.05) is 32.2 Å². The van der Waals surface area contributed by atoms with Crippen LogP contribution in [0.2, 0.25) is 0 Å². The van der Waals surface area contributed by atoms with Gasteiger partial charge in [0.1, 0.15) is 0 Å². The van der Waals surface area contributed by atoms with Gasteiger partial charge in [-0.15, -0.1) is 0 Å². The minimum Gasteiger partial charge on any atom is -0.371 e. The molecule has 0 aromatic rings. The van der Waals surface area contributed by atoms with Gasteiger partial charge < -0.3 is 15.0 Å². The molecule has 4 nitrogen and oxygen atoms in total. The molecule has 0 bridgehead atoms. The van der Waals surface area contributed by atoms with Gasteiger partial charge in [-0.2, -0.15) is 0 Å². The summed E-state index contributed by atoms with van der Waals surface area (Å²) in [5.74, 6) is 0. The molecule has 1 atom stereocenters. The van der Waals surface area contributed by atoms with E-state index in [0.717, 1.165) is 26.2 Å². The van der Waals surface area contributed by atoms with Crippen molar-refractivity contribution in [1.29, 1.82) is 0 Å². The first-order valence-electron chi connectivity index (χ1n) is 6.86. The molecule has 0 amide bonds. The average molecular weight is 241 g/mol. The maximum atomic E-state index is 5.97. The molecule has 0 spiro atoms. The van der Waals surface area contributed by atoms with E-state index >= 15 is 0 Å². The zero-order valence-corrected chi connectivity index (χ0v) is 11.5. The third kappa shape index (κ3) is 3.65. The molecule has 1 N–H and O–H groups in total. The van der Waals surface area contributed by atoms with Crippen LogP contribution in [0.15, 0.2) is 0 Å². The molecule has 4 heteroatoms. The number of nitrogens with one attached hydrogen (secondary N) is 1. The van der Waals surface area contributed by atoms with Crippen molar-refractivity contribution < 1.29 is 4.74 Å². The van der Waals surface area contributed by atoms with E-state index in [9.17, 15) is 0 Å². The van der Waals surface area contributed by atoms with Gasteiger partial charge in [0.2, 0.25) is 0 Å². The Bertz CT molecular complexity index is 243. The van der Waals surface area contributed by atoms with E-state index in [0.29, 0.717) is 6.04 Å². The molecular formula is C13H27N3O. The lowest BCUT2D eigenvalue weighted by atomic mass is 10.0. The molecule has 2 aliphatic heterocycles. The van der Waals surface area contributed by atoms with Crippen molar-refractivity contribution in [3.8, 4) is 0 Å². The lowest BCUT2D eigenvalue weighted by Gasteiger charge is -2.40. The minimum atomic E-state index is 0.103. The van der Waals surface area contributed by atoms with E-state index < -0.39 is 0 Å². The molecule has 0 aliphatic carbocycles. The van der Waals surface area contributed by atoms with E-state index in [1.165, 1.54) is 26.1 Å². The second-order valence-corrected chi connectivity index (χ2v) is 5.90. The standard InChI is InChI=1S/C13H27N3O/c1-12-9-15(3)5-4-6-16(12)7-8-17-13(2)10-14-11-13/h12,14H,4-11H2,1-3H3. The highest BCUT2D eigenvalue weighted by Crippen LogP contribution is 2.15. The fraction of sp³-hybridized carbons (Fsp3) is 1.00. The zero-order valence-electron chi connectivity index (χ0n) is 11.5. The molecule has 2 saturated heterocycles. The summed E-state index contributed by atoms with van der Waals surface area (Å²) in [6.07, 6.45) is 1.28. The fourth-order valence-corrected chi connectivity index (χ4v) is 2.74. The lowest BCUT2D eigenvalue weighted by Crippen LogP contribution is -2.59. The zero-order chi connectivity index (χ0) is 12.3. The Morgan fingerprint density at radius 1 is 1.35 bits per heavy atom. The second kappa shape index (κ2) is 5.65. The predicted molar refractivity (Wildman–Crippen MR) is 70.4 cm³/mol. The molecule has 1 unspecified atom stereocenters. The number of likely N-dealkylation sites (N-methyl/N-ethyl adjacent to an activating group) is 1. The van der Waals surface area contributed by atoms with Crippen molar-refractivity contribution >= 4 is 0 Å². The molecule has 100 valence electrons. The molecule has 0 saturated carbocycles. The molecule has 2 heterocycles. The highest BCUT2D eigenvalue weighted by molar-refractivity contribution is 4.90. The summed E-state index contributed by atoms with van der Waals surface area (Å²) >= 11 is 0. The Balaban J connectivity index is 1.70. The van der Waals surface area contributed by atoms with E-state index in [1.807, 2.05) is 0 Å². The van der Waals surface area contributed by atoms with E-state index in [4.69, 9.17) is 4.74 Å². The Hall–Kier alpha value is -0.160. The monoisotopic (exact) mass is 241 g/mol. The lowest BCUT2D eigenvalue weighted by molar-refractivity contribution is -0.0738. The smallest absolute Gasteiger partial charge is 0.0902 e. The normalized spacial score (nSPS) is 30.9. The molecule has 17 heavy (non-hydrogen) atoms. The van der Waals surface area contributed by atoms with Crippen LogP contribution >= 0.6 is 0 Å². The highest BCUT2D eigenvalue weighted by Gasteiger charge is 2.32. The van der Waals surface area contributed by atoms with Crippen LogP contribution in [-0.2, 0) is 4.74 Å². The topological polar surface area (TPSA) is 27.7 Å². The van der Waals surface area contributed by atoms with Gasteiger partial charge in [-0.3, -0.25) is 4.90 Å². The van der Waals surface area contributed by atoms with Gasteiger partial charge >= 0.3 is 0 Å². The number of nitrogens with zero attached hydrogens (tertiary/aromatic N) is 2. The molecule has 2 rings (SSSR count). The summed E-state index contributed by atoms with van der Waals surface area (Å²) in [4.78, 5) is 5.00. The SMILES string of the molecule is CC1CN(C)CCCN1CCOC1(C)CNC1. The third-order valence-electron chi connectivity index (χ3n) is 4.01. The average Bonchev–Trinajstić information content (AvgIpc) is 2.38. The van der Waals surface area contributed by atoms with Gasteiger partial charge in [-0.05, 0) is 40.4 Å². The molecule has 2 aliphatic rings. The number of hydrogen-bond acceptors (Lipinski definition) is 4. The quantitative estimate of drug-likeness (QED) is 0.771. The Morgan fingerprint density at radius 3 is 2.76 bits per heavy atom. The van der Waals surface area contributed by atoms with Crippen molar-refractivity contribution in [2.45, 2.75) is 31.9 Å². The summed E-state index contributed by atoms with van der Waals surface area (Å²) < 4.78 is 5.97. The third-order valence-corrected chi connectivity index (χ3v) is 4.01. The van der Waals surface area contributed by atoms with Crippen LogP contribution in [0, 0.1) is 0 Å². The van der Waals surface area contributed by atoms with Crippen molar-refractivity contribution in [2.75, 3.05) is 52.9 Å². The van der Waals surface area contributed by atoms with Crippen LogP contribution in [0.25, 0.3) is 0 Å². The van der Waals surface area contributed by atoms with Crippen LogP contribution in [0.4, 0.5) is 0 Å². The van der Waals surface area contributed by atoms with Gasteiger partial charge in [-0.1, -0.05) is 0 Å². The number of ether oxygens (including phenoxy) is 1. The van der Waals surface area contributed by atoms with Crippen molar-refractivity contribution in [3.63, 3.8) is 0 Å². The molecule has 2 fully saturated rings. The summed E-state index contributed by atoms with van der Waals surface area (Å²) in [6.45, 7) is 12.1. The summed E-state index contributed by atoms with van der Waals surface area (Å²) in [6, 6.07) is 0.651. The van der Waals surface area contributed by atoms with Crippen molar-refractivity contribution in [3.05, 3.63) is 0 Å². The number of rotatable bonds is 4. The summed E-state index contributed by atoms with van der Waals surface area (Å²) in [7, 11) is 2.22. The van der Waals surface area contributed by atoms with E-state index in [-0.39, 0.29) is 5.60 Å². The van der Waals surface area contributed by atoms with Crippen molar-refractivity contribution in [2.24, 2.45) is 0 Å². The van der Waals surface area contributed by atoms with Crippen LogP contribution < -0.4 is 5.32 Å². The van der Waals surface area contributed by atoms with E-state index in [2.05, 4.69) is 36.0 Å². The Kier molecular flexibility index (Phi) is 4.42. The predicted octanol–water partition coefficient (Wildman–Crippen LogP) is 0.391. The molecule has 0 aromatic heterocycles. The second-order valence-electron chi connectivity index (χ2n) is 5.90. The Labute approximate surface area is 105 Å². The highest BCUT2D eigenvalue weighted by atomic mass is 16.5. The van der Waals surface area contributed by atoms with Gasteiger partial charge in [-0.25, -0.2) is 0 Å². The molecule has 0 radical (unpaired) electrons.